The van der Waals surface area contributed by atoms with Gasteiger partial charge in [0, 0.05) is 0 Å². The molecule has 0 radical (unpaired) electrons. The molecule has 0 aliphatic carbocycles. The molecule has 0 unspecified atom stereocenters. The van der Waals surface area contributed by atoms with E-state index in [0.29, 0.717) is 0 Å². The highest BCUT2D eigenvalue weighted by Crippen LogP contribution is 1.92. The van der Waals surface area contributed by atoms with Crippen LogP contribution < -0.4 is 23.3 Å². The summed E-state index contributed by atoms with van der Waals surface area (Å²) in [6.45, 7) is -0.0972. The van der Waals surface area contributed by atoms with Crippen molar-refractivity contribution >= 4 is 0 Å². The standard InChI is InChI=1S/C2H10N4O2/c3-1-2(4,7-5)8-6/h1,3-6H2. The second-order valence-corrected chi connectivity index (χ2v) is 1.25. The van der Waals surface area contributed by atoms with Gasteiger partial charge in [-0.1, -0.05) is 0 Å². The van der Waals surface area contributed by atoms with E-state index in [1.807, 2.05) is 0 Å². The van der Waals surface area contributed by atoms with Crippen molar-refractivity contribution in [3.05, 3.63) is 0 Å². The molecule has 0 aromatic rings. The quantitative estimate of drug-likeness (QED) is 0.239. The van der Waals surface area contributed by atoms with Crippen LogP contribution in [0.1, 0.15) is 0 Å². The maximum atomic E-state index is 5.08. The lowest BCUT2D eigenvalue weighted by molar-refractivity contribution is -0.233. The molecule has 0 aromatic carbocycles. The minimum atomic E-state index is -1.54. The molecule has 0 aliphatic rings. The van der Waals surface area contributed by atoms with Crippen LogP contribution in [-0.2, 0) is 9.68 Å². The summed E-state index contributed by atoms with van der Waals surface area (Å²) in [5.74, 6) is 7.69. The molecule has 0 bridgehead atoms. The topological polar surface area (TPSA) is 123 Å². The van der Waals surface area contributed by atoms with Crippen molar-refractivity contribution in [2.24, 2.45) is 23.3 Å². The zero-order valence-corrected chi connectivity index (χ0v) is 4.33. The molecule has 0 aromatic heterocycles. The van der Waals surface area contributed by atoms with Crippen LogP contribution in [0.2, 0.25) is 0 Å². The van der Waals surface area contributed by atoms with Crippen LogP contribution >= 0.6 is 0 Å². The van der Waals surface area contributed by atoms with Crippen LogP contribution in [0.15, 0.2) is 0 Å². The van der Waals surface area contributed by atoms with E-state index in [0.717, 1.165) is 0 Å². The van der Waals surface area contributed by atoms with E-state index in [1.165, 1.54) is 0 Å². The number of nitrogens with two attached hydrogens (primary N) is 4. The first-order valence-electron chi connectivity index (χ1n) is 1.93. The van der Waals surface area contributed by atoms with E-state index in [2.05, 4.69) is 21.5 Å². The molecule has 0 rings (SSSR count). The first-order chi connectivity index (χ1) is 3.68. The van der Waals surface area contributed by atoms with Gasteiger partial charge in [-0.2, -0.15) is 0 Å². The minimum Gasteiger partial charge on any atom is -0.324 e. The molecule has 0 aliphatic heterocycles. The van der Waals surface area contributed by atoms with Crippen molar-refractivity contribution in [1.82, 2.24) is 0 Å². The summed E-state index contributed by atoms with van der Waals surface area (Å²) in [6.07, 6.45) is 0. The highest BCUT2D eigenvalue weighted by molar-refractivity contribution is 4.56. The number of hydrogen-bond acceptors (Lipinski definition) is 6. The lowest BCUT2D eigenvalue weighted by atomic mass is 10.5. The second-order valence-electron chi connectivity index (χ2n) is 1.25. The van der Waals surface area contributed by atoms with Gasteiger partial charge in [-0.05, 0) is 0 Å². The first kappa shape index (κ1) is 7.76. The summed E-state index contributed by atoms with van der Waals surface area (Å²) in [4.78, 5) is 8.08. The summed E-state index contributed by atoms with van der Waals surface area (Å²) in [5, 5.41) is 0. The van der Waals surface area contributed by atoms with E-state index in [-0.39, 0.29) is 6.54 Å². The van der Waals surface area contributed by atoms with Crippen LogP contribution in [0.3, 0.4) is 0 Å². The van der Waals surface area contributed by atoms with Gasteiger partial charge in [0.15, 0.2) is 0 Å². The normalized spacial score (nSPS) is 12.0. The van der Waals surface area contributed by atoms with E-state index >= 15 is 0 Å². The Labute approximate surface area is 46.6 Å². The van der Waals surface area contributed by atoms with Crippen molar-refractivity contribution < 1.29 is 9.68 Å². The predicted octanol–water partition coefficient (Wildman–Crippen LogP) is -2.66. The van der Waals surface area contributed by atoms with Crippen molar-refractivity contribution in [3.63, 3.8) is 0 Å². The zero-order chi connectivity index (χ0) is 6.62. The fourth-order valence-corrected chi connectivity index (χ4v) is 0.124. The fourth-order valence-electron chi connectivity index (χ4n) is 0.124. The third kappa shape index (κ3) is 1.70. The zero-order valence-electron chi connectivity index (χ0n) is 4.33. The molecule has 6 heteroatoms. The fraction of sp³-hybridized carbons (Fsp3) is 1.00. The van der Waals surface area contributed by atoms with Crippen LogP contribution in [0.5, 0.6) is 0 Å². The predicted molar refractivity (Wildman–Crippen MR) is 26.5 cm³/mol. The molecule has 0 spiro atoms. The van der Waals surface area contributed by atoms with Gasteiger partial charge in [0.25, 0.3) is 5.91 Å². The molecule has 0 saturated carbocycles. The first-order valence-corrected chi connectivity index (χ1v) is 1.93. The molecule has 0 saturated heterocycles. The highest BCUT2D eigenvalue weighted by atomic mass is 16.8. The molecule has 0 atom stereocenters. The van der Waals surface area contributed by atoms with Crippen LogP contribution in [0.4, 0.5) is 0 Å². The SMILES string of the molecule is NCC(N)(ON)ON. The molecular weight excluding hydrogens is 112 g/mol. The molecule has 0 fully saturated rings. The Morgan fingerprint density at radius 3 is 1.62 bits per heavy atom. The van der Waals surface area contributed by atoms with Crippen molar-refractivity contribution in [1.29, 1.82) is 0 Å². The Morgan fingerprint density at radius 2 is 1.62 bits per heavy atom. The van der Waals surface area contributed by atoms with E-state index in [1.54, 1.807) is 0 Å². The summed E-state index contributed by atoms with van der Waals surface area (Å²) < 4.78 is 0. The van der Waals surface area contributed by atoms with Gasteiger partial charge in [0.2, 0.25) is 0 Å². The molecule has 0 amide bonds. The molecule has 0 heterocycles. The van der Waals surface area contributed by atoms with Gasteiger partial charge in [-0.25, -0.2) is 11.8 Å². The van der Waals surface area contributed by atoms with Gasteiger partial charge in [0.1, 0.15) is 0 Å². The van der Waals surface area contributed by atoms with Crippen molar-refractivity contribution in [2.75, 3.05) is 6.54 Å². The molecular formula is C2H10N4O2. The Balaban J connectivity index is 3.58. The minimum absolute atomic E-state index is 0.0972. The summed E-state index contributed by atoms with van der Waals surface area (Å²) in [5.41, 5.74) is 10.1. The third-order valence-corrected chi connectivity index (χ3v) is 0.683. The maximum Gasteiger partial charge on any atom is 0.271 e. The van der Waals surface area contributed by atoms with E-state index in [4.69, 9.17) is 11.5 Å². The van der Waals surface area contributed by atoms with Crippen molar-refractivity contribution in [3.8, 4) is 0 Å². The average Bonchev–Trinajstić information content (AvgIpc) is 1.87. The molecule has 8 N–H and O–H groups in total. The molecule has 50 valence electrons. The van der Waals surface area contributed by atoms with Crippen molar-refractivity contribution in [2.45, 2.75) is 5.91 Å². The Bertz CT molecular complexity index is 54.8. The highest BCUT2D eigenvalue weighted by Gasteiger charge is 2.22. The van der Waals surface area contributed by atoms with E-state index in [9.17, 15) is 0 Å². The summed E-state index contributed by atoms with van der Waals surface area (Å²) >= 11 is 0. The average molecular weight is 122 g/mol. The number of rotatable bonds is 3. The maximum absolute atomic E-state index is 5.08. The lowest BCUT2D eigenvalue weighted by Gasteiger charge is -2.20. The Kier molecular flexibility index (Phi) is 2.84. The second kappa shape index (κ2) is 2.92. The lowest BCUT2D eigenvalue weighted by Crippen LogP contribution is -2.55. The Morgan fingerprint density at radius 1 is 1.25 bits per heavy atom. The molecule has 6 nitrogen and oxygen atoms in total. The van der Waals surface area contributed by atoms with Crippen LogP contribution in [-0.4, -0.2) is 12.5 Å². The monoisotopic (exact) mass is 122 g/mol. The third-order valence-electron chi connectivity index (χ3n) is 0.683. The van der Waals surface area contributed by atoms with Gasteiger partial charge in [-0.3, -0.25) is 15.4 Å². The van der Waals surface area contributed by atoms with Crippen LogP contribution in [0, 0.1) is 0 Å². The number of hydrogen-bond donors (Lipinski definition) is 4. The smallest absolute Gasteiger partial charge is 0.271 e. The summed E-state index contributed by atoms with van der Waals surface area (Å²) in [7, 11) is 0. The van der Waals surface area contributed by atoms with Gasteiger partial charge in [-0.15, -0.1) is 0 Å². The largest absolute Gasteiger partial charge is 0.324 e. The summed E-state index contributed by atoms with van der Waals surface area (Å²) in [6, 6.07) is 0. The van der Waals surface area contributed by atoms with Gasteiger partial charge in [0.05, 0.1) is 6.54 Å². The Hall–Kier alpha value is -0.240. The van der Waals surface area contributed by atoms with Gasteiger partial charge < -0.3 is 5.73 Å². The van der Waals surface area contributed by atoms with E-state index < -0.39 is 5.91 Å². The van der Waals surface area contributed by atoms with Gasteiger partial charge >= 0.3 is 0 Å². The van der Waals surface area contributed by atoms with Crippen LogP contribution in [0.25, 0.3) is 0 Å². The molecule has 8 heavy (non-hydrogen) atoms.